The predicted octanol–water partition coefficient (Wildman–Crippen LogP) is 0.645. The Morgan fingerprint density at radius 2 is 1.86 bits per heavy atom. The molecule has 0 heterocycles. The van der Waals surface area contributed by atoms with E-state index in [1.807, 2.05) is 0 Å². The molecule has 0 aromatic heterocycles. The van der Waals surface area contributed by atoms with Crippen LogP contribution in [0.3, 0.4) is 0 Å². The van der Waals surface area contributed by atoms with Gasteiger partial charge < -0.3 is 5.11 Å². The quantitative estimate of drug-likeness (QED) is 0.441. The molecule has 7 heavy (non-hydrogen) atoms. The number of carboxylic acids is 1. The molecule has 0 radical (unpaired) electrons. The molecule has 0 rings (SSSR count). The first-order chi connectivity index (χ1) is 2.64. The molecule has 0 unspecified atom stereocenters. The molecule has 0 aliphatic rings. The van der Waals surface area contributed by atoms with Crippen molar-refractivity contribution in [3.8, 4) is 0 Å². The van der Waals surface area contributed by atoms with Crippen LogP contribution in [0.4, 0.5) is 0 Å². The minimum atomic E-state index is -0.935. The standard InChI is InChI=1S/C4H6O2.Zn/c1-3(2)4(5)6;/h1H2,2H3,(H,5,6);/q;+2. The third-order valence-corrected chi connectivity index (χ3v) is 0.365. The van der Waals surface area contributed by atoms with Crippen molar-refractivity contribution in [1.82, 2.24) is 0 Å². The van der Waals surface area contributed by atoms with Crippen LogP contribution in [0.2, 0.25) is 0 Å². The number of carboxylic acid groups (broad SMARTS) is 1. The molecule has 0 amide bonds. The summed E-state index contributed by atoms with van der Waals surface area (Å²) in [6.07, 6.45) is 0. The molecule has 0 aliphatic carbocycles. The van der Waals surface area contributed by atoms with E-state index in [1.54, 1.807) is 0 Å². The third-order valence-electron chi connectivity index (χ3n) is 0.365. The minimum absolute atomic E-state index is 0. The van der Waals surface area contributed by atoms with Crippen molar-refractivity contribution in [3.05, 3.63) is 12.2 Å². The Kier molecular flexibility index (Phi) is 5.69. The molecular weight excluding hydrogens is 145 g/mol. The SMILES string of the molecule is C=C(C)C(=O)O.[Zn+2]. The Morgan fingerprint density at radius 3 is 1.86 bits per heavy atom. The molecule has 0 aromatic carbocycles. The van der Waals surface area contributed by atoms with E-state index in [2.05, 4.69) is 6.58 Å². The molecule has 3 heteroatoms. The first-order valence-electron chi connectivity index (χ1n) is 1.53. The summed E-state index contributed by atoms with van der Waals surface area (Å²) in [6, 6.07) is 0. The second-order valence-electron chi connectivity index (χ2n) is 1.09. The van der Waals surface area contributed by atoms with Crippen molar-refractivity contribution in [3.63, 3.8) is 0 Å². The zero-order chi connectivity index (χ0) is 5.15. The molecule has 0 fully saturated rings. The van der Waals surface area contributed by atoms with Gasteiger partial charge in [0, 0.05) is 5.57 Å². The molecule has 2 nitrogen and oxygen atoms in total. The van der Waals surface area contributed by atoms with Gasteiger partial charge in [0.25, 0.3) is 0 Å². The predicted molar refractivity (Wildman–Crippen MR) is 22.4 cm³/mol. The van der Waals surface area contributed by atoms with E-state index in [9.17, 15) is 4.79 Å². The zero-order valence-corrected chi connectivity index (χ0v) is 7.24. The summed E-state index contributed by atoms with van der Waals surface area (Å²) in [5, 5.41) is 7.89. The van der Waals surface area contributed by atoms with Crippen LogP contribution in [0.1, 0.15) is 6.92 Å². The maximum atomic E-state index is 9.60. The number of hydrogen-bond acceptors (Lipinski definition) is 1. The van der Waals surface area contributed by atoms with Crippen molar-refractivity contribution in [2.75, 3.05) is 0 Å². The van der Waals surface area contributed by atoms with Crippen LogP contribution in [0.5, 0.6) is 0 Å². The Bertz CT molecular complexity index is 75.7. The molecule has 0 saturated carbocycles. The average Bonchev–Trinajstić information content (AvgIpc) is 1.36. The van der Waals surface area contributed by atoms with E-state index in [1.165, 1.54) is 6.92 Å². The fourth-order valence-electron chi connectivity index (χ4n) is 0. The second-order valence-corrected chi connectivity index (χ2v) is 1.09. The maximum Gasteiger partial charge on any atom is 2.00 e. The number of aliphatic carboxylic acids is 1. The molecule has 1 N–H and O–H groups in total. The van der Waals surface area contributed by atoms with Gasteiger partial charge in [0.1, 0.15) is 0 Å². The Hall–Kier alpha value is -0.167. The first-order valence-corrected chi connectivity index (χ1v) is 1.53. The van der Waals surface area contributed by atoms with Crippen molar-refractivity contribution in [2.45, 2.75) is 6.92 Å². The molecule has 0 aliphatic heterocycles. The smallest absolute Gasteiger partial charge is 0.478 e. The van der Waals surface area contributed by atoms with Gasteiger partial charge in [-0.05, 0) is 6.92 Å². The van der Waals surface area contributed by atoms with Crippen molar-refractivity contribution >= 4 is 5.97 Å². The Labute approximate surface area is 55.0 Å². The van der Waals surface area contributed by atoms with Crippen molar-refractivity contribution < 1.29 is 29.4 Å². The fourth-order valence-corrected chi connectivity index (χ4v) is 0. The summed E-state index contributed by atoms with van der Waals surface area (Å²) in [6.45, 7) is 4.60. The van der Waals surface area contributed by atoms with Crippen LogP contribution in [0.25, 0.3) is 0 Å². The van der Waals surface area contributed by atoms with E-state index in [0.717, 1.165) is 0 Å². The summed E-state index contributed by atoms with van der Waals surface area (Å²) < 4.78 is 0. The maximum absolute atomic E-state index is 9.60. The summed E-state index contributed by atoms with van der Waals surface area (Å²) in [5.41, 5.74) is 0.176. The van der Waals surface area contributed by atoms with E-state index < -0.39 is 5.97 Å². The van der Waals surface area contributed by atoms with Gasteiger partial charge in [-0.1, -0.05) is 6.58 Å². The molecule has 0 saturated heterocycles. The summed E-state index contributed by atoms with van der Waals surface area (Å²) in [7, 11) is 0. The van der Waals surface area contributed by atoms with Gasteiger partial charge in [0.2, 0.25) is 0 Å². The van der Waals surface area contributed by atoms with Crippen molar-refractivity contribution in [2.24, 2.45) is 0 Å². The normalized spacial score (nSPS) is 6.43. The molecule has 0 atom stereocenters. The molecular formula is C4H6O2Zn+2. The Balaban J connectivity index is 0. The van der Waals surface area contributed by atoms with Gasteiger partial charge in [-0.15, -0.1) is 0 Å². The Morgan fingerprint density at radius 1 is 1.71 bits per heavy atom. The van der Waals surface area contributed by atoms with Crippen LogP contribution in [0.15, 0.2) is 12.2 Å². The zero-order valence-electron chi connectivity index (χ0n) is 4.27. The van der Waals surface area contributed by atoms with Gasteiger partial charge >= 0.3 is 25.4 Å². The largest absolute Gasteiger partial charge is 2.00 e. The first kappa shape index (κ1) is 9.95. The molecule has 34 valence electrons. The number of hydrogen-bond donors (Lipinski definition) is 1. The van der Waals surface area contributed by atoms with E-state index in [4.69, 9.17) is 5.11 Å². The van der Waals surface area contributed by atoms with Crippen LogP contribution < -0.4 is 0 Å². The van der Waals surface area contributed by atoms with Gasteiger partial charge in [0.15, 0.2) is 0 Å². The van der Waals surface area contributed by atoms with Crippen LogP contribution in [0, 0.1) is 0 Å². The average molecular weight is 151 g/mol. The summed E-state index contributed by atoms with van der Waals surface area (Å²) in [5.74, 6) is -0.935. The summed E-state index contributed by atoms with van der Waals surface area (Å²) >= 11 is 0. The van der Waals surface area contributed by atoms with Gasteiger partial charge in [-0.3, -0.25) is 0 Å². The molecule has 0 aromatic rings. The van der Waals surface area contributed by atoms with E-state index in [0.29, 0.717) is 0 Å². The van der Waals surface area contributed by atoms with Gasteiger partial charge in [0.05, 0.1) is 0 Å². The third kappa shape index (κ3) is 5.83. The van der Waals surface area contributed by atoms with Crippen LogP contribution in [-0.4, -0.2) is 11.1 Å². The fraction of sp³-hybridized carbons (Fsp3) is 0.250. The molecule has 0 spiro atoms. The van der Waals surface area contributed by atoms with Crippen molar-refractivity contribution in [1.29, 1.82) is 0 Å². The monoisotopic (exact) mass is 150 g/mol. The topological polar surface area (TPSA) is 37.3 Å². The molecule has 0 bridgehead atoms. The van der Waals surface area contributed by atoms with E-state index in [-0.39, 0.29) is 25.1 Å². The second kappa shape index (κ2) is 4.00. The number of rotatable bonds is 1. The van der Waals surface area contributed by atoms with Gasteiger partial charge in [-0.2, -0.15) is 0 Å². The van der Waals surface area contributed by atoms with E-state index >= 15 is 0 Å². The minimum Gasteiger partial charge on any atom is -0.478 e. The number of carbonyl (C=O) groups is 1. The summed E-state index contributed by atoms with van der Waals surface area (Å²) in [4.78, 5) is 9.60. The van der Waals surface area contributed by atoms with Crippen LogP contribution >= 0.6 is 0 Å². The van der Waals surface area contributed by atoms with Crippen LogP contribution in [-0.2, 0) is 24.3 Å². The van der Waals surface area contributed by atoms with Gasteiger partial charge in [-0.25, -0.2) is 4.79 Å².